The van der Waals surface area contributed by atoms with Gasteiger partial charge in [0.15, 0.2) is 0 Å². The van der Waals surface area contributed by atoms with Gasteiger partial charge in [-0.05, 0) is 259 Å². The van der Waals surface area contributed by atoms with Crippen LogP contribution in [0.2, 0.25) is 0 Å². The van der Waals surface area contributed by atoms with E-state index in [0.717, 1.165) is 0 Å². The van der Waals surface area contributed by atoms with Crippen molar-refractivity contribution >= 4 is 86.2 Å². The van der Waals surface area contributed by atoms with Gasteiger partial charge >= 0.3 is 0 Å². The van der Waals surface area contributed by atoms with Crippen molar-refractivity contribution in [3.05, 3.63) is 153 Å². The summed E-state index contributed by atoms with van der Waals surface area (Å²) in [6, 6.07) is 38.8. The monoisotopic (exact) mass is 718 g/mol. The summed E-state index contributed by atoms with van der Waals surface area (Å²) in [6.07, 6.45) is 0. The molecule has 11 aromatic carbocycles. The first-order chi connectivity index (χ1) is 26.9. The summed E-state index contributed by atoms with van der Waals surface area (Å²) in [5, 5.41) is 21.6. The Balaban J connectivity index is 1.35. The third-order valence-electron chi connectivity index (χ3n) is 14.1. The first kappa shape index (κ1) is 33.4. The van der Waals surface area contributed by atoms with Crippen molar-refractivity contribution in [3.8, 4) is 22.3 Å². The predicted molar refractivity (Wildman–Crippen MR) is 247 cm³/mol. The molecule has 0 bridgehead atoms. The van der Waals surface area contributed by atoms with Gasteiger partial charge in [-0.1, -0.05) is 71.8 Å². The van der Waals surface area contributed by atoms with Gasteiger partial charge in [-0.25, -0.2) is 0 Å². The van der Waals surface area contributed by atoms with Gasteiger partial charge in [0, 0.05) is 0 Å². The van der Waals surface area contributed by atoms with Crippen molar-refractivity contribution < 1.29 is 0 Å². The van der Waals surface area contributed by atoms with E-state index >= 15 is 0 Å². The normalized spacial score (nSPS) is 12.5. The fourth-order valence-electron chi connectivity index (χ4n) is 10.8. The first-order valence-electron chi connectivity index (χ1n) is 20.3. The van der Waals surface area contributed by atoms with Crippen LogP contribution in [0.25, 0.3) is 108 Å². The van der Waals surface area contributed by atoms with Crippen LogP contribution in [0.5, 0.6) is 0 Å². The Kier molecular flexibility index (Phi) is 6.73. The Morgan fingerprint density at radius 2 is 0.500 bits per heavy atom. The lowest BCUT2D eigenvalue weighted by Crippen LogP contribution is -1.95. The summed E-state index contributed by atoms with van der Waals surface area (Å²) < 4.78 is 0. The van der Waals surface area contributed by atoms with Crippen molar-refractivity contribution in [2.24, 2.45) is 0 Å². The van der Waals surface area contributed by atoms with E-state index in [9.17, 15) is 0 Å². The van der Waals surface area contributed by atoms with Gasteiger partial charge in [0.1, 0.15) is 0 Å². The molecule has 11 rings (SSSR count). The number of benzene rings is 9. The summed E-state index contributed by atoms with van der Waals surface area (Å²) in [5.41, 5.74) is 18.9. The Morgan fingerprint density at radius 3 is 0.839 bits per heavy atom. The maximum Gasteiger partial charge on any atom is -0.00195 e. The number of hydrogen-bond donors (Lipinski definition) is 0. The Labute approximate surface area is 329 Å². The molecule has 270 valence electrons. The molecule has 0 nitrogen and oxygen atoms in total. The van der Waals surface area contributed by atoms with Crippen LogP contribution in [0, 0.1) is 69.2 Å². The van der Waals surface area contributed by atoms with Crippen LogP contribution < -0.4 is 0 Å². The molecule has 0 aliphatic heterocycles. The zero-order chi connectivity index (χ0) is 38.6. The fraction of sp³-hybridized carbons (Fsp3) is 0.179. The van der Waals surface area contributed by atoms with E-state index < -0.39 is 0 Å². The van der Waals surface area contributed by atoms with E-state index in [4.69, 9.17) is 0 Å². The van der Waals surface area contributed by atoms with Crippen molar-refractivity contribution in [1.29, 1.82) is 0 Å². The maximum atomic E-state index is 2.53. The lowest BCUT2D eigenvalue weighted by molar-refractivity contribution is 1.25. The van der Waals surface area contributed by atoms with Crippen LogP contribution in [0.1, 0.15) is 55.6 Å². The Bertz CT molecular complexity index is 3260. The minimum Gasteiger partial charge on any atom is -0.0587 e. The van der Waals surface area contributed by atoms with E-state index in [1.165, 1.54) is 164 Å². The van der Waals surface area contributed by atoms with Crippen LogP contribution in [-0.2, 0) is 0 Å². The van der Waals surface area contributed by atoms with E-state index in [0.29, 0.717) is 0 Å². The molecule has 0 saturated heterocycles. The highest BCUT2D eigenvalue weighted by Gasteiger charge is 2.23. The molecule has 0 aliphatic rings. The van der Waals surface area contributed by atoms with Crippen LogP contribution >= 0.6 is 0 Å². The van der Waals surface area contributed by atoms with Gasteiger partial charge in [-0.3, -0.25) is 0 Å². The molecule has 0 amide bonds. The topological polar surface area (TPSA) is 0 Å². The lowest BCUT2D eigenvalue weighted by Gasteiger charge is -2.18. The molecule has 0 unspecified atom stereocenters. The van der Waals surface area contributed by atoms with Crippen molar-refractivity contribution in [3.63, 3.8) is 0 Å². The smallest absolute Gasteiger partial charge is 0.00195 e. The molecule has 56 heavy (non-hydrogen) atoms. The van der Waals surface area contributed by atoms with E-state index in [-0.39, 0.29) is 0 Å². The zero-order valence-corrected chi connectivity index (χ0v) is 34.2. The van der Waals surface area contributed by atoms with Crippen LogP contribution in [-0.4, -0.2) is 0 Å². The molecule has 0 atom stereocenters. The van der Waals surface area contributed by atoms with Gasteiger partial charge < -0.3 is 0 Å². The summed E-state index contributed by atoms with van der Waals surface area (Å²) in [4.78, 5) is 0. The summed E-state index contributed by atoms with van der Waals surface area (Å²) in [5.74, 6) is 0. The fourth-order valence-corrected chi connectivity index (χ4v) is 10.8. The standard InChI is InChI=1S/C56H46/c1-27-11-13-39-43(17-27)49-23-37(53-33(7)29(3)19-30(4)34(53)8)21-47-41-15-16-42-46(45(41)25-51(39)55(47)49)26-52-40-14-12-28(2)18-44(40)50-24-38(22-48(42)56(50)52)54-35(9)31(5)20-32(6)36(54)10/h11-26H,1-10H3. The number of rotatable bonds is 2. The van der Waals surface area contributed by atoms with Gasteiger partial charge in [0.25, 0.3) is 0 Å². The summed E-state index contributed by atoms with van der Waals surface area (Å²) in [7, 11) is 0. The second kappa shape index (κ2) is 11.3. The molecule has 0 fully saturated rings. The van der Waals surface area contributed by atoms with Gasteiger partial charge in [-0.2, -0.15) is 0 Å². The average molecular weight is 719 g/mol. The summed E-state index contributed by atoms with van der Waals surface area (Å²) >= 11 is 0. The van der Waals surface area contributed by atoms with Crippen molar-refractivity contribution in [1.82, 2.24) is 0 Å². The minimum atomic E-state index is 1.30. The van der Waals surface area contributed by atoms with Gasteiger partial charge in [0.2, 0.25) is 0 Å². The molecule has 0 heterocycles. The van der Waals surface area contributed by atoms with E-state index in [2.05, 4.69) is 166 Å². The van der Waals surface area contributed by atoms with Crippen LogP contribution in [0.3, 0.4) is 0 Å². The summed E-state index contributed by atoms with van der Waals surface area (Å²) in [6.45, 7) is 22.7. The molecule has 0 spiro atoms. The predicted octanol–water partition coefficient (Wildman–Crippen LogP) is 16.2. The second-order valence-corrected chi connectivity index (χ2v) is 17.4. The molecule has 0 aromatic heterocycles. The van der Waals surface area contributed by atoms with Crippen LogP contribution in [0.4, 0.5) is 0 Å². The Hall–Kier alpha value is -5.98. The SMILES string of the molecule is Cc1ccc2c(c1)c1cc(-c3c(C)c(C)cc(C)c3C)cc3c4ccc5c(cc6c7ccc(C)cc7c7cc(-c8c(C)c(C)cc(C)c8C)cc5c76)c4cc2c31. The molecular weight excluding hydrogens is 673 g/mol. The molecule has 0 heteroatoms. The van der Waals surface area contributed by atoms with Crippen molar-refractivity contribution in [2.75, 3.05) is 0 Å². The third-order valence-corrected chi connectivity index (χ3v) is 14.1. The second-order valence-electron chi connectivity index (χ2n) is 17.4. The Morgan fingerprint density at radius 1 is 0.232 bits per heavy atom. The molecule has 0 radical (unpaired) electrons. The molecule has 0 N–H and O–H groups in total. The van der Waals surface area contributed by atoms with Gasteiger partial charge in [0.05, 0.1) is 0 Å². The lowest BCUT2D eigenvalue weighted by atomic mass is 9.86. The molecule has 0 aliphatic carbocycles. The highest BCUT2D eigenvalue weighted by molar-refractivity contribution is 6.40. The molecular formula is C56H46. The zero-order valence-electron chi connectivity index (χ0n) is 34.2. The van der Waals surface area contributed by atoms with Crippen LogP contribution in [0.15, 0.2) is 97.1 Å². The van der Waals surface area contributed by atoms with E-state index in [1.54, 1.807) is 0 Å². The first-order valence-corrected chi connectivity index (χ1v) is 20.3. The molecule has 11 aromatic rings. The van der Waals surface area contributed by atoms with E-state index in [1.807, 2.05) is 0 Å². The maximum absolute atomic E-state index is 2.53. The largest absolute Gasteiger partial charge is 0.0587 e. The number of aryl methyl sites for hydroxylation is 6. The minimum absolute atomic E-state index is 1.30. The third kappa shape index (κ3) is 4.31. The van der Waals surface area contributed by atoms with Crippen molar-refractivity contribution in [2.45, 2.75) is 69.2 Å². The van der Waals surface area contributed by atoms with Gasteiger partial charge in [-0.15, -0.1) is 0 Å². The highest BCUT2D eigenvalue weighted by Crippen LogP contribution is 2.50. The number of hydrogen-bond acceptors (Lipinski definition) is 0. The average Bonchev–Trinajstić information content (AvgIpc) is 3.65. The molecule has 0 saturated carbocycles. The number of fused-ring (bicyclic) bond motifs is 11. The quantitative estimate of drug-likeness (QED) is 0.156. The highest BCUT2D eigenvalue weighted by atomic mass is 14.3.